The van der Waals surface area contributed by atoms with Gasteiger partial charge in [0.1, 0.15) is 16.4 Å². The summed E-state index contributed by atoms with van der Waals surface area (Å²) < 4.78 is 32.7. The molecule has 0 unspecified atom stereocenters. The van der Waals surface area contributed by atoms with Gasteiger partial charge in [0.15, 0.2) is 0 Å². The second-order valence-electron chi connectivity index (χ2n) is 4.69. The third kappa shape index (κ3) is 4.41. The second-order valence-corrected chi connectivity index (χ2v) is 7.21. The normalized spacial score (nSPS) is 11.9. The van der Waals surface area contributed by atoms with E-state index in [9.17, 15) is 8.42 Å². The lowest BCUT2D eigenvalue weighted by atomic mass is 10.2. The molecule has 0 aliphatic rings. The number of hydrogen-bond acceptors (Lipinski definition) is 5. The summed E-state index contributed by atoms with van der Waals surface area (Å²) in [4.78, 5) is 0.223. The monoisotopic (exact) mass is 328 g/mol. The number of hydrogen-bond donors (Lipinski definition) is 2. The van der Waals surface area contributed by atoms with Crippen molar-refractivity contribution < 1.29 is 12.8 Å². The predicted molar refractivity (Wildman–Crippen MR) is 84.0 cm³/mol. The molecule has 0 aliphatic heterocycles. The number of thiophene rings is 1. The molecule has 0 spiro atoms. The van der Waals surface area contributed by atoms with Crippen LogP contribution in [0.15, 0.2) is 32.2 Å². The van der Waals surface area contributed by atoms with Crippen molar-refractivity contribution in [3.8, 4) is 0 Å². The molecule has 116 valence electrons. The predicted octanol–water partition coefficient (Wildman–Crippen LogP) is 2.28. The molecule has 0 aromatic carbocycles. The topological polar surface area (TPSA) is 71.3 Å². The number of nitrogens with one attached hydrogen (secondary N) is 2. The SMILES string of the molecule is CCNCc1cc(S(=O)(=O)NCCc2ccsc2)c(C)o1. The van der Waals surface area contributed by atoms with E-state index in [1.807, 2.05) is 23.8 Å². The Kier molecular flexibility index (Phi) is 5.58. The van der Waals surface area contributed by atoms with Gasteiger partial charge < -0.3 is 9.73 Å². The zero-order valence-electron chi connectivity index (χ0n) is 12.2. The van der Waals surface area contributed by atoms with Crippen molar-refractivity contribution in [2.45, 2.75) is 31.7 Å². The summed E-state index contributed by atoms with van der Waals surface area (Å²) in [6.07, 6.45) is 0.684. The average Bonchev–Trinajstić information content (AvgIpc) is 3.06. The lowest BCUT2D eigenvalue weighted by molar-refractivity contribution is 0.460. The van der Waals surface area contributed by atoms with Crippen LogP contribution < -0.4 is 10.0 Å². The van der Waals surface area contributed by atoms with Gasteiger partial charge in [0.2, 0.25) is 10.0 Å². The van der Waals surface area contributed by atoms with E-state index in [-0.39, 0.29) is 4.90 Å². The Morgan fingerprint density at radius 1 is 1.38 bits per heavy atom. The molecule has 7 heteroatoms. The highest BCUT2D eigenvalue weighted by molar-refractivity contribution is 7.89. The van der Waals surface area contributed by atoms with Crippen molar-refractivity contribution in [2.75, 3.05) is 13.1 Å². The van der Waals surface area contributed by atoms with Crippen LogP contribution in [0, 0.1) is 6.92 Å². The van der Waals surface area contributed by atoms with Gasteiger partial charge >= 0.3 is 0 Å². The van der Waals surface area contributed by atoms with Gasteiger partial charge in [0, 0.05) is 12.6 Å². The van der Waals surface area contributed by atoms with E-state index in [0.717, 1.165) is 12.1 Å². The fraction of sp³-hybridized carbons (Fsp3) is 0.429. The van der Waals surface area contributed by atoms with Gasteiger partial charge in [-0.15, -0.1) is 0 Å². The van der Waals surface area contributed by atoms with Crippen molar-refractivity contribution in [1.29, 1.82) is 0 Å². The Labute approximate surface area is 129 Å². The molecule has 2 aromatic rings. The Bertz CT molecular complexity index is 660. The minimum Gasteiger partial charge on any atom is -0.464 e. The van der Waals surface area contributed by atoms with Crippen LogP contribution in [0.2, 0.25) is 0 Å². The van der Waals surface area contributed by atoms with Crippen molar-refractivity contribution in [2.24, 2.45) is 0 Å². The van der Waals surface area contributed by atoms with Gasteiger partial charge in [0.25, 0.3) is 0 Å². The van der Waals surface area contributed by atoms with Crippen LogP contribution in [-0.2, 0) is 23.0 Å². The minimum absolute atomic E-state index is 0.223. The Hall–Kier alpha value is -1.15. The van der Waals surface area contributed by atoms with E-state index >= 15 is 0 Å². The molecule has 0 fully saturated rings. The molecule has 2 heterocycles. The van der Waals surface area contributed by atoms with Gasteiger partial charge in [-0.05, 0) is 42.3 Å². The van der Waals surface area contributed by atoms with Crippen LogP contribution in [0.4, 0.5) is 0 Å². The number of rotatable bonds is 8. The highest BCUT2D eigenvalue weighted by atomic mass is 32.2. The van der Waals surface area contributed by atoms with Crippen molar-refractivity contribution in [3.05, 3.63) is 40.0 Å². The average molecular weight is 328 g/mol. The second kappa shape index (κ2) is 7.22. The van der Waals surface area contributed by atoms with Crippen LogP contribution in [0.25, 0.3) is 0 Å². The molecule has 0 bridgehead atoms. The number of furan rings is 1. The molecule has 0 atom stereocenters. The summed E-state index contributed by atoms with van der Waals surface area (Å²) in [5, 5.41) is 7.11. The summed E-state index contributed by atoms with van der Waals surface area (Å²) >= 11 is 1.61. The molecule has 0 radical (unpaired) electrons. The molecule has 2 N–H and O–H groups in total. The maximum Gasteiger partial charge on any atom is 0.244 e. The smallest absolute Gasteiger partial charge is 0.244 e. The highest BCUT2D eigenvalue weighted by Gasteiger charge is 2.20. The summed E-state index contributed by atoms with van der Waals surface area (Å²) in [5.74, 6) is 1.05. The molecule has 5 nitrogen and oxygen atoms in total. The first-order valence-corrected chi connectivity index (χ1v) is 9.26. The fourth-order valence-electron chi connectivity index (χ4n) is 1.97. The van der Waals surface area contributed by atoms with Crippen molar-refractivity contribution in [1.82, 2.24) is 10.0 Å². The fourth-order valence-corrected chi connectivity index (χ4v) is 3.90. The zero-order valence-corrected chi connectivity index (χ0v) is 13.8. The first-order chi connectivity index (χ1) is 10.0. The third-order valence-corrected chi connectivity index (χ3v) is 5.35. The van der Waals surface area contributed by atoms with Crippen molar-refractivity contribution >= 4 is 21.4 Å². The van der Waals surface area contributed by atoms with Crippen LogP contribution in [0.1, 0.15) is 24.0 Å². The maximum atomic E-state index is 12.3. The van der Waals surface area contributed by atoms with Crippen LogP contribution in [0.5, 0.6) is 0 Å². The van der Waals surface area contributed by atoms with Gasteiger partial charge in [-0.3, -0.25) is 0 Å². The molecule has 21 heavy (non-hydrogen) atoms. The summed E-state index contributed by atoms with van der Waals surface area (Å²) in [7, 11) is -3.52. The first-order valence-electron chi connectivity index (χ1n) is 6.83. The van der Waals surface area contributed by atoms with Crippen LogP contribution in [-0.4, -0.2) is 21.5 Å². The Morgan fingerprint density at radius 3 is 2.86 bits per heavy atom. The van der Waals surface area contributed by atoms with Gasteiger partial charge in [-0.2, -0.15) is 11.3 Å². The van der Waals surface area contributed by atoms with E-state index in [1.165, 1.54) is 0 Å². The molecule has 0 saturated carbocycles. The number of sulfonamides is 1. The largest absolute Gasteiger partial charge is 0.464 e. The minimum atomic E-state index is -3.52. The molecule has 2 aromatic heterocycles. The lowest BCUT2D eigenvalue weighted by Crippen LogP contribution is -2.26. The summed E-state index contributed by atoms with van der Waals surface area (Å²) in [5.41, 5.74) is 1.14. The number of aryl methyl sites for hydroxylation is 1. The molecule has 0 saturated heterocycles. The van der Waals surface area contributed by atoms with E-state index in [0.29, 0.717) is 31.0 Å². The molecular weight excluding hydrogens is 308 g/mol. The summed E-state index contributed by atoms with van der Waals surface area (Å²) in [6, 6.07) is 3.58. The highest BCUT2D eigenvalue weighted by Crippen LogP contribution is 2.20. The maximum absolute atomic E-state index is 12.3. The lowest BCUT2D eigenvalue weighted by Gasteiger charge is -2.04. The molecule has 0 aliphatic carbocycles. The zero-order chi connectivity index (χ0) is 15.3. The first kappa shape index (κ1) is 16.2. The van der Waals surface area contributed by atoms with E-state index in [2.05, 4.69) is 10.0 Å². The van der Waals surface area contributed by atoms with Gasteiger partial charge in [-0.25, -0.2) is 13.1 Å². The van der Waals surface area contributed by atoms with Crippen molar-refractivity contribution in [3.63, 3.8) is 0 Å². The standard InChI is InChI=1S/C14H20N2O3S2/c1-3-15-9-13-8-14(11(2)19-13)21(17,18)16-6-4-12-5-7-20-10-12/h5,7-8,10,15-16H,3-4,6,9H2,1-2H3. The summed E-state index contributed by atoms with van der Waals surface area (Å²) in [6.45, 7) is 5.37. The molecular formula is C14H20N2O3S2. The van der Waals surface area contributed by atoms with Crippen LogP contribution >= 0.6 is 11.3 Å². The van der Waals surface area contributed by atoms with E-state index < -0.39 is 10.0 Å². The van der Waals surface area contributed by atoms with Crippen LogP contribution in [0.3, 0.4) is 0 Å². The quantitative estimate of drug-likeness (QED) is 0.780. The third-order valence-electron chi connectivity index (χ3n) is 3.05. The van der Waals surface area contributed by atoms with E-state index in [1.54, 1.807) is 24.3 Å². The van der Waals surface area contributed by atoms with Gasteiger partial charge in [-0.1, -0.05) is 6.92 Å². The van der Waals surface area contributed by atoms with E-state index in [4.69, 9.17) is 4.42 Å². The Balaban J connectivity index is 1.99. The molecule has 2 rings (SSSR count). The Morgan fingerprint density at radius 2 is 2.19 bits per heavy atom. The van der Waals surface area contributed by atoms with Gasteiger partial charge in [0.05, 0.1) is 6.54 Å². The molecule has 0 amide bonds.